The van der Waals surface area contributed by atoms with E-state index in [0.717, 1.165) is 41.2 Å². The number of ketones is 1. The Morgan fingerprint density at radius 3 is 2.78 bits per heavy atom. The van der Waals surface area contributed by atoms with Crippen molar-refractivity contribution in [1.82, 2.24) is 14.8 Å². The van der Waals surface area contributed by atoms with E-state index in [9.17, 15) is 4.79 Å². The van der Waals surface area contributed by atoms with Crippen LogP contribution in [0.2, 0.25) is 0 Å². The van der Waals surface area contributed by atoms with Gasteiger partial charge in [0.1, 0.15) is 6.04 Å². The molecule has 5 rings (SSSR count). The van der Waals surface area contributed by atoms with Crippen molar-refractivity contribution < 1.29 is 4.79 Å². The minimum atomic E-state index is -0.186. The maximum absolute atomic E-state index is 12.8. The Bertz CT molecular complexity index is 1090. The Kier molecular flexibility index (Phi) is 3.75. The number of carbonyl (C=O) groups is 1. The number of thiophene rings is 1. The molecule has 1 aliphatic carbocycles. The smallest absolute Gasteiger partial charge is 0.226 e. The quantitative estimate of drug-likeness (QED) is 0.707. The summed E-state index contributed by atoms with van der Waals surface area (Å²) in [4.78, 5) is 18.8. The first-order valence-corrected chi connectivity index (χ1v) is 10.1. The molecular formula is C21H20N4OS. The molecule has 5 nitrogen and oxygen atoms in total. The van der Waals surface area contributed by atoms with Gasteiger partial charge in [-0.05, 0) is 49.3 Å². The Balaban J connectivity index is 1.71. The van der Waals surface area contributed by atoms with E-state index in [4.69, 9.17) is 10.1 Å². The first-order chi connectivity index (χ1) is 13.1. The first kappa shape index (κ1) is 16.4. The molecule has 1 unspecified atom stereocenters. The Labute approximate surface area is 161 Å². The molecule has 0 fully saturated rings. The second-order valence-electron chi connectivity index (χ2n) is 7.18. The van der Waals surface area contributed by atoms with Crippen LogP contribution in [0, 0.1) is 13.8 Å². The molecule has 0 radical (unpaired) electrons. The molecule has 0 spiro atoms. The Morgan fingerprint density at radius 1 is 1.15 bits per heavy atom. The number of hydrogen-bond acceptors (Lipinski definition) is 5. The van der Waals surface area contributed by atoms with Gasteiger partial charge >= 0.3 is 0 Å². The lowest BCUT2D eigenvalue weighted by Crippen LogP contribution is -2.31. The largest absolute Gasteiger partial charge is 0.328 e. The highest BCUT2D eigenvalue weighted by Gasteiger charge is 2.38. The summed E-state index contributed by atoms with van der Waals surface area (Å²) in [5.41, 5.74) is 5.22. The van der Waals surface area contributed by atoms with E-state index < -0.39 is 0 Å². The fourth-order valence-corrected chi connectivity index (χ4v) is 5.02. The van der Waals surface area contributed by atoms with Gasteiger partial charge < -0.3 is 5.32 Å². The van der Waals surface area contributed by atoms with Crippen LogP contribution in [0.5, 0.6) is 0 Å². The zero-order valence-corrected chi connectivity index (χ0v) is 16.1. The van der Waals surface area contributed by atoms with Crippen molar-refractivity contribution in [3.8, 4) is 11.4 Å². The maximum atomic E-state index is 12.8. The van der Waals surface area contributed by atoms with Crippen molar-refractivity contribution in [2.75, 3.05) is 5.32 Å². The summed E-state index contributed by atoms with van der Waals surface area (Å²) in [6.45, 7) is 4.16. The predicted octanol–water partition coefficient (Wildman–Crippen LogP) is 4.65. The van der Waals surface area contributed by atoms with Gasteiger partial charge in [0.25, 0.3) is 0 Å². The molecule has 1 N–H and O–H groups in total. The third-order valence-corrected chi connectivity index (χ3v) is 6.48. The van der Waals surface area contributed by atoms with Gasteiger partial charge in [-0.25, -0.2) is 4.68 Å². The molecular weight excluding hydrogens is 356 g/mol. The number of hydrogen-bond donors (Lipinski definition) is 1. The van der Waals surface area contributed by atoms with Gasteiger partial charge in [-0.1, -0.05) is 24.3 Å². The molecule has 2 aliphatic rings. The summed E-state index contributed by atoms with van der Waals surface area (Å²) >= 11 is 1.68. The first-order valence-electron chi connectivity index (χ1n) is 9.23. The second-order valence-corrected chi connectivity index (χ2v) is 8.13. The molecule has 0 saturated carbocycles. The van der Waals surface area contributed by atoms with Crippen LogP contribution in [0.3, 0.4) is 0 Å². The van der Waals surface area contributed by atoms with Crippen molar-refractivity contribution >= 4 is 23.1 Å². The lowest BCUT2D eigenvalue weighted by Gasteiger charge is -2.31. The highest BCUT2D eigenvalue weighted by atomic mass is 32.1. The van der Waals surface area contributed by atoms with Gasteiger partial charge in [0, 0.05) is 28.1 Å². The molecule has 3 heterocycles. The standard InChI is InChI=1S/C21H20N4OS/c1-12-6-3-4-7-14(12)20-23-21-22-15-8-5-9-16(26)17(15)18(25(21)24-20)19-13(2)10-11-27-19/h3-4,6-7,10-11,18H,5,8-9H2,1-2H3,(H,22,23,24). The minimum Gasteiger partial charge on any atom is -0.328 e. The van der Waals surface area contributed by atoms with Gasteiger partial charge in [-0.2, -0.15) is 4.98 Å². The minimum absolute atomic E-state index is 0.186. The van der Waals surface area contributed by atoms with Crippen LogP contribution >= 0.6 is 11.3 Å². The van der Waals surface area contributed by atoms with Crippen molar-refractivity contribution in [2.24, 2.45) is 0 Å². The highest BCUT2D eigenvalue weighted by molar-refractivity contribution is 7.10. The third kappa shape index (κ3) is 2.55. The van der Waals surface area contributed by atoms with Crippen LogP contribution in [0.25, 0.3) is 11.4 Å². The summed E-state index contributed by atoms with van der Waals surface area (Å²) < 4.78 is 1.91. The molecule has 1 aliphatic heterocycles. The van der Waals surface area contributed by atoms with E-state index in [1.807, 2.05) is 22.9 Å². The average Bonchev–Trinajstić information content (AvgIpc) is 3.26. The molecule has 3 aromatic rings. The molecule has 136 valence electrons. The number of anilines is 1. The number of aryl methyl sites for hydroxylation is 2. The molecule has 27 heavy (non-hydrogen) atoms. The van der Waals surface area contributed by atoms with Gasteiger partial charge in [0.05, 0.1) is 0 Å². The van der Waals surface area contributed by atoms with Crippen LogP contribution in [0.1, 0.15) is 41.3 Å². The summed E-state index contributed by atoms with van der Waals surface area (Å²) in [6, 6.07) is 10.0. The van der Waals surface area contributed by atoms with Gasteiger partial charge in [-0.3, -0.25) is 4.79 Å². The van der Waals surface area contributed by atoms with E-state index in [1.165, 1.54) is 10.4 Å². The lowest BCUT2D eigenvalue weighted by atomic mass is 9.87. The van der Waals surface area contributed by atoms with E-state index in [0.29, 0.717) is 12.2 Å². The van der Waals surface area contributed by atoms with Gasteiger partial charge in [-0.15, -0.1) is 16.4 Å². The number of Topliss-reactive ketones (excluding diaryl/α,β-unsaturated/α-hetero) is 1. The molecule has 0 bridgehead atoms. The van der Waals surface area contributed by atoms with E-state index >= 15 is 0 Å². The lowest BCUT2D eigenvalue weighted by molar-refractivity contribution is -0.116. The van der Waals surface area contributed by atoms with Crippen molar-refractivity contribution in [3.63, 3.8) is 0 Å². The summed E-state index contributed by atoms with van der Waals surface area (Å²) in [5.74, 6) is 1.64. The number of benzene rings is 1. The number of nitrogens with zero attached hydrogens (tertiary/aromatic N) is 3. The van der Waals surface area contributed by atoms with Crippen LogP contribution in [-0.2, 0) is 4.79 Å². The van der Waals surface area contributed by atoms with Crippen LogP contribution in [0.15, 0.2) is 47.0 Å². The summed E-state index contributed by atoms with van der Waals surface area (Å²) in [5, 5.41) is 10.3. The molecule has 1 aromatic carbocycles. The summed E-state index contributed by atoms with van der Waals surface area (Å²) in [6.07, 6.45) is 2.38. The number of carbonyl (C=O) groups excluding carboxylic acids is 1. The fraction of sp³-hybridized carbons (Fsp3) is 0.286. The highest BCUT2D eigenvalue weighted by Crippen LogP contribution is 2.43. The Hall–Kier alpha value is -2.73. The fourth-order valence-electron chi connectivity index (χ4n) is 4.00. The zero-order valence-electron chi connectivity index (χ0n) is 15.3. The molecule has 6 heteroatoms. The number of aromatic nitrogens is 3. The maximum Gasteiger partial charge on any atom is 0.226 e. The molecule has 0 saturated heterocycles. The topological polar surface area (TPSA) is 59.8 Å². The van der Waals surface area contributed by atoms with E-state index in [2.05, 4.69) is 36.7 Å². The SMILES string of the molecule is Cc1ccccc1-c1nc2n(n1)C(c1sccc1C)C1=C(CCCC1=O)N2. The Morgan fingerprint density at radius 2 is 2.00 bits per heavy atom. The van der Waals surface area contributed by atoms with Crippen LogP contribution in [-0.4, -0.2) is 20.5 Å². The van der Waals surface area contributed by atoms with E-state index in [-0.39, 0.29) is 11.8 Å². The van der Waals surface area contributed by atoms with Gasteiger partial charge in [0.2, 0.25) is 5.95 Å². The molecule has 2 aromatic heterocycles. The molecule has 1 atom stereocenters. The second kappa shape index (κ2) is 6.16. The van der Waals surface area contributed by atoms with Crippen LogP contribution in [0.4, 0.5) is 5.95 Å². The van der Waals surface area contributed by atoms with Crippen molar-refractivity contribution in [3.05, 3.63) is 63.0 Å². The molecule has 0 amide bonds. The number of fused-ring (bicyclic) bond motifs is 1. The summed E-state index contributed by atoms with van der Waals surface area (Å²) in [7, 11) is 0. The number of allylic oxidation sites excluding steroid dienone is 2. The predicted molar refractivity (Wildman–Crippen MR) is 107 cm³/mol. The average molecular weight is 376 g/mol. The van der Waals surface area contributed by atoms with Crippen molar-refractivity contribution in [2.45, 2.75) is 39.2 Å². The van der Waals surface area contributed by atoms with Crippen LogP contribution < -0.4 is 5.32 Å². The normalized spacial score (nSPS) is 18.9. The number of nitrogens with one attached hydrogen (secondary N) is 1. The monoisotopic (exact) mass is 376 g/mol. The van der Waals surface area contributed by atoms with E-state index in [1.54, 1.807) is 11.3 Å². The zero-order chi connectivity index (χ0) is 18.5. The number of rotatable bonds is 2. The third-order valence-electron chi connectivity index (χ3n) is 5.40. The van der Waals surface area contributed by atoms with Crippen molar-refractivity contribution in [1.29, 1.82) is 0 Å². The van der Waals surface area contributed by atoms with Gasteiger partial charge in [0.15, 0.2) is 11.6 Å².